The number of nitrogens with two attached hydrogens (primary N) is 1. The summed E-state index contributed by atoms with van der Waals surface area (Å²) in [7, 11) is 1.65. The molecule has 19 heavy (non-hydrogen) atoms. The van der Waals surface area contributed by atoms with Crippen molar-refractivity contribution in [2.45, 2.75) is 13.8 Å². The molecule has 0 heterocycles. The molecule has 2 N–H and O–H groups in total. The van der Waals surface area contributed by atoms with Gasteiger partial charge in [-0.25, -0.2) is 0 Å². The first-order chi connectivity index (χ1) is 9.41. The summed E-state index contributed by atoms with van der Waals surface area (Å²) in [5, 5.41) is 0. The molecule has 0 bridgehead atoms. The van der Waals surface area contributed by atoms with Crippen LogP contribution >= 0.6 is 0 Å². The summed E-state index contributed by atoms with van der Waals surface area (Å²) in [4.78, 5) is 0. The van der Waals surface area contributed by atoms with Gasteiger partial charge in [-0.15, -0.1) is 0 Å². The molecule has 6 heteroatoms. The van der Waals surface area contributed by atoms with Crippen LogP contribution in [0.25, 0.3) is 0 Å². The first-order valence-corrected chi connectivity index (χ1v) is 6.91. The highest BCUT2D eigenvalue weighted by Gasteiger charge is 1.92. The predicted octanol–water partition coefficient (Wildman–Crippen LogP) is 0.684. The third-order valence-electron chi connectivity index (χ3n) is 1.81. The molecule has 0 fully saturated rings. The minimum atomic E-state index is 0.548. The van der Waals surface area contributed by atoms with E-state index in [4.69, 9.17) is 29.4 Å². The standard InChI is InChI=1S/C11H25NO5.C2H6/c1-13-4-5-15-8-9-17-11-10-16-7-6-14-3-2-12;1-2/h2-12H2,1H3;1-2H3. The lowest BCUT2D eigenvalue weighted by Gasteiger charge is -2.06. The van der Waals surface area contributed by atoms with Crippen LogP contribution in [0.1, 0.15) is 13.8 Å². The molecule has 0 aliphatic heterocycles. The quantitative estimate of drug-likeness (QED) is 0.472. The van der Waals surface area contributed by atoms with E-state index in [2.05, 4.69) is 0 Å². The zero-order valence-corrected chi connectivity index (χ0v) is 12.7. The van der Waals surface area contributed by atoms with E-state index in [-0.39, 0.29) is 0 Å². The fourth-order valence-electron chi connectivity index (χ4n) is 0.987. The second kappa shape index (κ2) is 22.9. The average molecular weight is 281 g/mol. The lowest BCUT2D eigenvalue weighted by Crippen LogP contribution is -2.14. The van der Waals surface area contributed by atoms with Gasteiger partial charge in [-0.3, -0.25) is 0 Å². The van der Waals surface area contributed by atoms with Crippen molar-refractivity contribution >= 4 is 0 Å². The Hall–Kier alpha value is -0.240. The molecule has 0 aromatic rings. The third-order valence-corrected chi connectivity index (χ3v) is 1.81. The van der Waals surface area contributed by atoms with Crippen LogP contribution in [0.4, 0.5) is 0 Å². The maximum atomic E-state index is 5.29. The SMILES string of the molecule is CC.COCCOCCOCCOCCOCCN. The Morgan fingerprint density at radius 1 is 0.579 bits per heavy atom. The van der Waals surface area contributed by atoms with Crippen molar-refractivity contribution in [1.82, 2.24) is 0 Å². The molecule has 0 radical (unpaired) electrons. The minimum Gasteiger partial charge on any atom is -0.382 e. The molecule has 0 atom stereocenters. The van der Waals surface area contributed by atoms with E-state index >= 15 is 0 Å². The molecular weight excluding hydrogens is 250 g/mol. The lowest BCUT2D eigenvalue weighted by atomic mass is 10.7. The fourth-order valence-corrected chi connectivity index (χ4v) is 0.987. The summed E-state index contributed by atoms with van der Waals surface area (Å²) in [6, 6.07) is 0. The van der Waals surface area contributed by atoms with Crippen molar-refractivity contribution < 1.29 is 23.7 Å². The van der Waals surface area contributed by atoms with Gasteiger partial charge in [-0.1, -0.05) is 13.8 Å². The molecule has 0 aromatic carbocycles. The molecule has 0 saturated carbocycles. The van der Waals surface area contributed by atoms with Gasteiger partial charge >= 0.3 is 0 Å². The summed E-state index contributed by atoms with van der Waals surface area (Å²) in [6.45, 7) is 9.82. The molecule has 0 amide bonds. The lowest BCUT2D eigenvalue weighted by molar-refractivity contribution is -0.00716. The first kappa shape index (κ1) is 21.1. The maximum Gasteiger partial charge on any atom is 0.0701 e. The Morgan fingerprint density at radius 2 is 0.895 bits per heavy atom. The van der Waals surface area contributed by atoms with Gasteiger partial charge in [0.25, 0.3) is 0 Å². The second-order valence-corrected chi connectivity index (χ2v) is 3.23. The van der Waals surface area contributed by atoms with E-state index in [9.17, 15) is 0 Å². The van der Waals surface area contributed by atoms with E-state index < -0.39 is 0 Å². The maximum absolute atomic E-state index is 5.29. The van der Waals surface area contributed by atoms with Crippen LogP contribution in [0.2, 0.25) is 0 Å². The van der Waals surface area contributed by atoms with Crippen molar-refractivity contribution in [2.75, 3.05) is 73.1 Å². The molecule has 0 rings (SSSR count). The van der Waals surface area contributed by atoms with Gasteiger partial charge in [0.15, 0.2) is 0 Å². The Labute approximate surface area is 117 Å². The van der Waals surface area contributed by atoms with Gasteiger partial charge in [0.05, 0.1) is 59.5 Å². The van der Waals surface area contributed by atoms with Crippen LogP contribution in [0.3, 0.4) is 0 Å². The van der Waals surface area contributed by atoms with Crippen molar-refractivity contribution in [3.05, 3.63) is 0 Å². The molecule has 6 nitrogen and oxygen atoms in total. The zero-order valence-electron chi connectivity index (χ0n) is 12.7. The molecule has 0 aliphatic rings. The van der Waals surface area contributed by atoms with Crippen molar-refractivity contribution in [3.63, 3.8) is 0 Å². The molecule has 0 aliphatic carbocycles. The predicted molar refractivity (Wildman–Crippen MR) is 75.6 cm³/mol. The molecule has 0 spiro atoms. The summed E-state index contributed by atoms with van der Waals surface area (Å²) in [5.41, 5.74) is 5.26. The fraction of sp³-hybridized carbons (Fsp3) is 1.00. The Kier molecular flexibility index (Phi) is 25.4. The summed E-state index contributed by atoms with van der Waals surface area (Å²) < 4.78 is 25.8. The van der Waals surface area contributed by atoms with Crippen LogP contribution < -0.4 is 5.73 Å². The number of hydrogen-bond donors (Lipinski definition) is 1. The number of rotatable bonds is 14. The van der Waals surface area contributed by atoms with E-state index in [0.29, 0.717) is 66.0 Å². The van der Waals surface area contributed by atoms with Gasteiger partial charge in [0.1, 0.15) is 0 Å². The normalized spacial score (nSPS) is 10.1. The van der Waals surface area contributed by atoms with Gasteiger partial charge in [0, 0.05) is 13.7 Å². The van der Waals surface area contributed by atoms with Crippen molar-refractivity contribution in [1.29, 1.82) is 0 Å². The topological polar surface area (TPSA) is 72.2 Å². The minimum absolute atomic E-state index is 0.548. The highest BCUT2D eigenvalue weighted by Crippen LogP contribution is 1.82. The van der Waals surface area contributed by atoms with Gasteiger partial charge in [0.2, 0.25) is 0 Å². The summed E-state index contributed by atoms with van der Waals surface area (Å²) >= 11 is 0. The second-order valence-electron chi connectivity index (χ2n) is 3.23. The molecule has 118 valence electrons. The van der Waals surface area contributed by atoms with Crippen LogP contribution in [-0.4, -0.2) is 73.1 Å². The zero-order chi connectivity index (χ0) is 14.6. The first-order valence-electron chi connectivity index (χ1n) is 6.91. The smallest absolute Gasteiger partial charge is 0.0701 e. The van der Waals surface area contributed by atoms with Gasteiger partial charge in [-0.05, 0) is 0 Å². The Balaban J connectivity index is 0. The van der Waals surface area contributed by atoms with Gasteiger partial charge in [-0.2, -0.15) is 0 Å². The summed E-state index contributed by atoms with van der Waals surface area (Å²) in [6.07, 6.45) is 0. The Bertz CT molecular complexity index is 124. The molecule has 0 aromatic heterocycles. The molecule has 0 saturated heterocycles. The van der Waals surface area contributed by atoms with Crippen LogP contribution in [0, 0.1) is 0 Å². The number of methoxy groups -OCH3 is 1. The van der Waals surface area contributed by atoms with Crippen LogP contribution in [0.15, 0.2) is 0 Å². The monoisotopic (exact) mass is 281 g/mol. The van der Waals surface area contributed by atoms with E-state index in [0.717, 1.165) is 0 Å². The highest BCUT2D eigenvalue weighted by molar-refractivity contribution is 4.35. The average Bonchev–Trinajstić information content (AvgIpc) is 2.46. The number of hydrogen-bond acceptors (Lipinski definition) is 6. The molecular formula is C13H31NO5. The van der Waals surface area contributed by atoms with E-state index in [1.165, 1.54) is 0 Å². The summed E-state index contributed by atoms with van der Waals surface area (Å²) in [5.74, 6) is 0. The Morgan fingerprint density at radius 3 is 1.21 bits per heavy atom. The van der Waals surface area contributed by atoms with E-state index in [1.54, 1.807) is 7.11 Å². The van der Waals surface area contributed by atoms with Crippen LogP contribution in [-0.2, 0) is 23.7 Å². The largest absolute Gasteiger partial charge is 0.382 e. The van der Waals surface area contributed by atoms with Crippen LogP contribution in [0.5, 0.6) is 0 Å². The van der Waals surface area contributed by atoms with Gasteiger partial charge < -0.3 is 29.4 Å². The number of ether oxygens (including phenoxy) is 5. The third kappa shape index (κ3) is 23.3. The highest BCUT2D eigenvalue weighted by atomic mass is 16.6. The van der Waals surface area contributed by atoms with Crippen molar-refractivity contribution in [2.24, 2.45) is 5.73 Å². The molecule has 0 unspecified atom stereocenters. The van der Waals surface area contributed by atoms with Crippen molar-refractivity contribution in [3.8, 4) is 0 Å². The van der Waals surface area contributed by atoms with E-state index in [1.807, 2.05) is 13.8 Å².